The Morgan fingerprint density at radius 3 is 2.38 bits per heavy atom. The lowest BCUT2D eigenvalue weighted by Crippen LogP contribution is -2.23. The molecule has 3 N–H and O–H groups in total. The van der Waals surface area contributed by atoms with Crippen LogP contribution in [0, 0.1) is 0 Å². The van der Waals surface area contributed by atoms with Crippen LogP contribution in [0.1, 0.15) is 33.1 Å². The summed E-state index contributed by atoms with van der Waals surface area (Å²) < 4.78 is 16.0. The summed E-state index contributed by atoms with van der Waals surface area (Å²) in [6.07, 6.45) is 0.438. The van der Waals surface area contributed by atoms with Gasteiger partial charge in [-0.2, -0.15) is 0 Å². The van der Waals surface area contributed by atoms with Crippen LogP contribution in [0.3, 0.4) is 0 Å². The van der Waals surface area contributed by atoms with Gasteiger partial charge < -0.3 is 24.9 Å². The number of aromatic nitrogens is 1. The highest BCUT2D eigenvalue weighted by molar-refractivity contribution is 5.94. The fourth-order valence-corrected chi connectivity index (χ4v) is 3.91. The molecule has 0 radical (unpaired) electrons. The van der Waals surface area contributed by atoms with Crippen molar-refractivity contribution in [3.63, 3.8) is 0 Å². The van der Waals surface area contributed by atoms with Crippen molar-refractivity contribution in [2.24, 2.45) is 5.73 Å². The Labute approximate surface area is 197 Å². The van der Waals surface area contributed by atoms with E-state index in [-0.39, 0.29) is 12.5 Å². The Hall–Kier alpha value is -4.26. The molecule has 1 heterocycles. The van der Waals surface area contributed by atoms with E-state index in [0.29, 0.717) is 23.5 Å². The first kappa shape index (κ1) is 22.9. The summed E-state index contributed by atoms with van der Waals surface area (Å²) in [7, 11) is 3.12. The Morgan fingerprint density at radius 2 is 1.68 bits per heavy atom. The number of hydrogen-bond donors (Lipinski definition) is 2. The summed E-state index contributed by atoms with van der Waals surface area (Å²) in [6.45, 7) is 0.102. The fourth-order valence-electron chi connectivity index (χ4n) is 3.91. The molecule has 0 fully saturated rings. The van der Waals surface area contributed by atoms with E-state index >= 15 is 0 Å². The molecule has 0 saturated heterocycles. The summed E-state index contributed by atoms with van der Waals surface area (Å²) in [5.74, 6) is -0.0887. The minimum absolute atomic E-state index is 0.102. The number of H-pyrrole nitrogens is 1. The predicted octanol–water partition coefficient (Wildman–Crippen LogP) is 4.35. The van der Waals surface area contributed by atoms with Crippen LogP contribution in [0.2, 0.25) is 0 Å². The Balaban J connectivity index is 1.47. The van der Waals surface area contributed by atoms with Crippen LogP contribution in [0.15, 0.2) is 72.8 Å². The summed E-state index contributed by atoms with van der Waals surface area (Å²) in [5, 5.41) is 0.933. The molecule has 34 heavy (non-hydrogen) atoms. The molecule has 1 unspecified atom stereocenters. The number of carbonyl (C=O) groups excluding carboxylic acids is 2. The van der Waals surface area contributed by atoms with Crippen LogP contribution < -0.4 is 15.2 Å². The molecule has 1 aromatic heterocycles. The molecule has 0 bridgehead atoms. The number of aromatic amines is 1. The number of benzene rings is 3. The fraction of sp³-hybridized carbons (Fsp3) is 0.185. The van der Waals surface area contributed by atoms with Crippen molar-refractivity contribution in [1.82, 2.24) is 4.98 Å². The van der Waals surface area contributed by atoms with Crippen molar-refractivity contribution in [3.05, 3.63) is 95.2 Å². The number of ether oxygens (including phenoxy) is 3. The molecule has 1 atom stereocenters. The normalized spacial score (nSPS) is 11.7. The first-order chi connectivity index (χ1) is 16.5. The molecular weight excluding hydrogens is 432 g/mol. The number of primary amides is 1. The number of hydrogen-bond acceptors (Lipinski definition) is 5. The van der Waals surface area contributed by atoms with Crippen molar-refractivity contribution < 1.29 is 23.8 Å². The van der Waals surface area contributed by atoms with Gasteiger partial charge in [0.2, 0.25) is 5.91 Å². The minimum Gasteiger partial charge on any atom is -0.493 e. The molecule has 7 heteroatoms. The second kappa shape index (κ2) is 10.1. The molecular formula is C27H26N2O5. The quantitative estimate of drug-likeness (QED) is 0.363. The maximum atomic E-state index is 12.6. The summed E-state index contributed by atoms with van der Waals surface area (Å²) in [5.41, 5.74) is 9.39. The number of carbonyl (C=O) groups is 2. The lowest BCUT2D eigenvalue weighted by Gasteiger charge is -2.12. The maximum absolute atomic E-state index is 12.6. The van der Waals surface area contributed by atoms with Crippen LogP contribution in [-0.2, 0) is 22.6 Å². The van der Waals surface area contributed by atoms with Gasteiger partial charge in [-0.05, 0) is 46.8 Å². The van der Waals surface area contributed by atoms with Crippen molar-refractivity contribution >= 4 is 22.8 Å². The van der Waals surface area contributed by atoms with E-state index < -0.39 is 11.9 Å². The van der Waals surface area contributed by atoms with E-state index in [1.807, 2.05) is 48.5 Å². The van der Waals surface area contributed by atoms with Gasteiger partial charge >= 0.3 is 5.97 Å². The SMILES string of the molecule is COc1ccc(COC(=O)c2ccc3cc(CC(C(N)=O)c4ccccc4)[nH]c3c2)cc1OC. The average Bonchev–Trinajstić information content (AvgIpc) is 3.27. The third-order valence-electron chi connectivity index (χ3n) is 5.70. The van der Waals surface area contributed by atoms with Gasteiger partial charge in [-0.1, -0.05) is 42.5 Å². The first-order valence-electron chi connectivity index (χ1n) is 10.8. The third-order valence-corrected chi connectivity index (χ3v) is 5.70. The van der Waals surface area contributed by atoms with Crippen LogP contribution >= 0.6 is 0 Å². The van der Waals surface area contributed by atoms with Gasteiger partial charge in [-0.15, -0.1) is 0 Å². The zero-order valence-corrected chi connectivity index (χ0v) is 19.0. The highest BCUT2D eigenvalue weighted by atomic mass is 16.5. The lowest BCUT2D eigenvalue weighted by atomic mass is 9.94. The highest BCUT2D eigenvalue weighted by Crippen LogP contribution is 2.28. The highest BCUT2D eigenvalue weighted by Gasteiger charge is 2.19. The second-order valence-corrected chi connectivity index (χ2v) is 7.93. The number of rotatable bonds is 9. The van der Waals surface area contributed by atoms with E-state index in [4.69, 9.17) is 19.9 Å². The molecule has 174 valence electrons. The monoisotopic (exact) mass is 458 g/mol. The Kier molecular flexibility index (Phi) is 6.82. The van der Waals surface area contributed by atoms with E-state index in [9.17, 15) is 9.59 Å². The Bertz CT molecular complexity index is 1310. The summed E-state index contributed by atoms with van der Waals surface area (Å²) >= 11 is 0. The summed E-state index contributed by atoms with van der Waals surface area (Å²) in [6, 6.07) is 22.1. The third kappa shape index (κ3) is 5.04. The van der Waals surface area contributed by atoms with Gasteiger partial charge in [-0.25, -0.2) is 4.79 Å². The zero-order chi connectivity index (χ0) is 24.1. The molecule has 0 aliphatic carbocycles. The number of nitrogens with two attached hydrogens (primary N) is 1. The van der Waals surface area contributed by atoms with Gasteiger partial charge in [0.25, 0.3) is 0 Å². The van der Waals surface area contributed by atoms with Crippen molar-refractivity contribution in [3.8, 4) is 11.5 Å². The first-order valence-corrected chi connectivity index (χ1v) is 10.8. The van der Waals surface area contributed by atoms with Crippen LogP contribution in [0.4, 0.5) is 0 Å². The summed E-state index contributed by atoms with van der Waals surface area (Å²) in [4.78, 5) is 28.0. The molecule has 0 saturated carbocycles. The van der Waals surface area contributed by atoms with E-state index in [1.54, 1.807) is 38.5 Å². The molecule has 4 rings (SSSR count). The van der Waals surface area contributed by atoms with E-state index in [2.05, 4.69) is 4.98 Å². The van der Waals surface area contributed by atoms with Crippen molar-refractivity contribution in [2.75, 3.05) is 14.2 Å². The van der Waals surface area contributed by atoms with Gasteiger partial charge in [0.1, 0.15) is 6.61 Å². The molecule has 0 spiro atoms. The van der Waals surface area contributed by atoms with Gasteiger partial charge in [0, 0.05) is 17.6 Å². The van der Waals surface area contributed by atoms with Gasteiger partial charge in [0.05, 0.1) is 25.7 Å². The largest absolute Gasteiger partial charge is 0.493 e. The molecule has 0 aliphatic heterocycles. The van der Waals surface area contributed by atoms with Crippen LogP contribution in [0.25, 0.3) is 10.9 Å². The van der Waals surface area contributed by atoms with Gasteiger partial charge in [0.15, 0.2) is 11.5 Å². The topological polar surface area (TPSA) is 104 Å². The van der Waals surface area contributed by atoms with Crippen LogP contribution in [0.5, 0.6) is 11.5 Å². The molecule has 4 aromatic rings. The number of esters is 1. The van der Waals surface area contributed by atoms with E-state index in [1.165, 1.54) is 0 Å². The minimum atomic E-state index is -0.444. The van der Waals surface area contributed by atoms with E-state index in [0.717, 1.165) is 27.7 Å². The smallest absolute Gasteiger partial charge is 0.338 e. The number of amides is 1. The van der Waals surface area contributed by atoms with Crippen molar-refractivity contribution in [2.45, 2.75) is 18.9 Å². The second-order valence-electron chi connectivity index (χ2n) is 7.93. The van der Waals surface area contributed by atoms with Gasteiger partial charge in [-0.3, -0.25) is 4.79 Å². The standard InChI is InChI=1S/C27H26N2O5/c1-32-24-11-8-17(12-25(24)33-2)16-34-27(31)20-10-9-19-13-21(29-23(19)14-20)15-22(26(28)30)18-6-4-3-5-7-18/h3-14,22,29H,15-16H2,1-2H3,(H2,28,30). The zero-order valence-electron chi connectivity index (χ0n) is 19.0. The lowest BCUT2D eigenvalue weighted by molar-refractivity contribution is -0.119. The Morgan fingerprint density at radius 1 is 0.912 bits per heavy atom. The number of nitrogens with one attached hydrogen (secondary N) is 1. The van der Waals surface area contributed by atoms with Crippen molar-refractivity contribution in [1.29, 1.82) is 0 Å². The molecule has 3 aromatic carbocycles. The number of methoxy groups -OCH3 is 2. The predicted molar refractivity (Wildman–Crippen MR) is 129 cm³/mol. The molecule has 0 aliphatic rings. The number of fused-ring (bicyclic) bond motifs is 1. The molecule has 7 nitrogen and oxygen atoms in total. The van der Waals surface area contributed by atoms with Crippen LogP contribution in [-0.4, -0.2) is 31.1 Å². The molecule has 1 amide bonds. The average molecular weight is 459 g/mol. The maximum Gasteiger partial charge on any atom is 0.338 e.